The largest absolute Gasteiger partial charge is 0.399 e. The second kappa shape index (κ2) is 5.92. The SMILES string of the molecule is CCCC1CCCCN1c1cc(C)nc2ccc(N)cc12. The van der Waals surface area contributed by atoms with E-state index in [1.54, 1.807) is 0 Å². The van der Waals surface area contributed by atoms with Crippen LogP contribution in [0.3, 0.4) is 0 Å². The van der Waals surface area contributed by atoms with E-state index >= 15 is 0 Å². The first-order chi connectivity index (χ1) is 10.2. The minimum absolute atomic E-state index is 0.662. The van der Waals surface area contributed by atoms with E-state index in [0.717, 1.165) is 23.4 Å². The number of hydrogen-bond donors (Lipinski definition) is 1. The summed E-state index contributed by atoms with van der Waals surface area (Å²) in [5, 5.41) is 1.20. The molecule has 2 aromatic rings. The number of fused-ring (bicyclic) bond motifs is 1. The summed E-state index contributed by atoms with van der Waals surface area (Å²) in [7, 11) is 0. The summed E-state index contributed by atoms with van der Waals surface area (Å²) in [6.07, 6.45) is 6.45. The van der Waals surface area contributed by atoms with Gasteiger partial charge in [0.15, 0.2) is 0 Å². The highest BCUT2D eigenvalue weighted by atomic mass is 15.2. The lowest BCUT2D eigenvalue weighted by Crippen LogP contribution is -2.39. The fourth-order valence-corrected chi connectivity index (χ4v) is 3.54. The van der Waals surface area contributed by atoms with Gasteiger partial charge in [-0.3, -0.25) is 4.98 Å². The number of nitrogens with two attached hydrogens (primary N) is 1. The molecule has 1 aromatic heterocycles. The van der Waals surface area contributed by atoms with Gasteiger partial charge in [0.25, 0.3) is 0 Å². The van der Waals surface area contributed by atoms with Crippen molar-refractivity contribution >= 4 is 22.3 Å². The Morgan fingerprint density at radius 3 is 2.95 bits per heavy atom. The van der Waals surface area contributed by atoms with E-state index in [2.05, 4.69) is 35.9 Å². The smallest absolute Gasteiger partial charge is 0.0727 e. The van der Waals surface area contributed by atoms with E-state index in [4.69, 9.17) is 5.73 Å². The molecule has 3 rings (SSSR count). The number of piperidine rings is 1. The van der Waals surface area contributed by atoms with Crippen LogP contribution in [0.15, 0.2) is 24.3 Å². The van der Waals surface area contributed by atoms with Crippen molar-refractivity contribution in [3.63, 3.8) is 0 Å². The molecule has 0 bridgehead atoms. The molecule has 1 atom stereocenters. The summed E-state index contributed by atoms with van der Waals surface area (Å²) in [5.41, 5.74) is 10.3. The van der Waals surface area contributed by atoms with Gasteiger partial charge in [-0.2, -0.15) is 0 Å². The fourth-order valence-electron chi connectivity index (χ4n) is 3.54. The quantitative estimate of drug-likeness (QED) is 0.855. The van der Waals surface area contributed by atoms with E-state index < -0.39 is 0 Å². The monoisotopic (exact) mass is 283 g/mol. The first-order valence-electron chi connectivity index (χ1n) is 8.12. The maximum absolute atomic E-state index is 6.01. The van der Waals surface area contributed by atoms with Crippen molar-refractivity contribution in [2.24, 2.45) is 0 Å². The number of nitrogens with zero attached hydrogens (tertiary/aromatic N) is 2. The van der Waals surface area contributed by atoms with E-state index in [1.807, 2.05) is 12.1 Å². The minimum Gasteiger partial charge on any atom is -0.399 e. The number of aromatic nitrogens is 1. The highest BCUT2D eigenvalue weighted by Gasteiger charge is 2.23. The standard InChI is InChI=1S/C18H25N3/c1-3-6-15-7-4-5-10-21(15)18-11-13(2)20-17-9-8-14(19)12-16(17)18/h8-9,11-12,15H,3-7,10,19H2,1-2H3. The Bertz CT molecular complexity index is 634. The van der Waals surface area contributed by atoms with Crippen molar-refractivity contribution in [2.75, 3.05) is 17.2 Å². The molecule has 2 N–H and O–H groups in total. The van der Waals surface area contributed by atoms with Gasteiger partial charge in [-0.15, -0.1) is 0 Å². The minimum atomic E-state index is 0.662. The molecule has 0 saturated carbocycles. The molecule has 2 heterocycles. The predicted molar refractivity (Wildman–Crippen MR) is 90.8 cm³/mol. The van der Waals surface area contributed by atoms with Gasteiger partial charge in [-0.05, 0) is 56.9 Å². The molecule has 0 amide bonds. The zero-order chi connectivity index (χ0) is 14.8. The van der Waals surface area contributed by atoms with Gasteiger partial charge in [-0.1, -0.05) is 13.3 Å². The van der Waals surface area contributed by atoms with Crippen molar-refractivity contribution in [3.05, 3.63) is 30.0 Å². The number of anilines is 2. The van der Waals surface area contributed by atoms with Crippen LogP contribution in [-0.4, -0.2) is 17.6 Å². The van der Waals surface area contributed by atoms with Crippen molar-refractivity contribution < 1.29 is 0 Å². The second-order valence-electron chi connectivity index (χ2n) is 6.19. The maximum Gasteiger partial charge on any atom is 0.0727 e. The van der Waals surface area contributed by atoms with Gasteiger partial charge in [0.05, 0.1) is 5.52 Å². The van der Waals surface area contributed by atoms with E-state index in [-0.39, 0.29) is 0 Å². The number of rotatable bonds is 3. The topological polar surface area (TPSA) is 42.2 Å². The summed E-state index contributed by atoms with van der Waals surface area (Å²) in [4.78, 5) is 7.26. The second-order valence-corrected chi connectivity index (χ2v) is 6.19. The Kier molecular flexibility index (Phi) is 4.00. The molecular weight excluding hydrogens is 258 g/mol. The summed E-state index contributed by atoms with van der Waals surface area (Å²) in [5.74, 6) is 0. The van der Waals surface area contributed by atoms with E-state index in [1.165, 1.54) is 43.2 Å². The van der Waals surface area contributed by atoms with Gasteiger partial charge >= 0.3 is 0 Å². The first-order valence-corrected chi connectivity index (χ1v) is 8.12. The summed E-state index contributed by atoms with van der Waals surface area (Å²) in [6, 6.07) is 8.96. The lowest BCUT2D eigenvalue weighted by molar-refractivity contribution is 0.435. The highest BCUT2D eigenvalue weighted by molar-refractivity contribution is 5.94. The maximum atomic E-state index is 6.01. The summed E-state index contributed by atoms with van der Waals surface area (Å²) >= 11 is 0. The first kappa shape index (κ1) is 14.2. The molecule has 1 aliphatic rings. The van der Waals surface area contributed by atoms with Gasteiger partial charge in [0.1, 0.15) is 0 Å². The third-order valence-corrected chi connectivity index (χ3v) is 4.50. The third kappa shape index (κ3) is 2.82. The zero-order valence-electron chi connectivity index (χ0n) is 13.1. The molecule has 3 heteroatoms. The van der Waals surface area contributed by atoms with Crippen LogP contribution in [0.2, 0.25) is 0 Å². The van der Waals surface area contributed by atoms with Crippen LogP contribution >= 0.6 is 0 Å². The number of hydrogen-bond acceptors (Lipinski definition) is 3. The van der Waals surface area contributed by atoms with Gasteiger partial charge < -0.3 is 10.6 Å². The molecule has 0 radical (unpaired) electrons. The number of aryl methyl sites for hydroxylation is 1. The molecule has 0 spiro atoms. The average molecular weight is 283 g/mol. The van der Waals surface area contributed by atoms with Crippen LogP contribution in [0.25, 0.3) is 10.9 Å². The molecule has 1 saturated heterocycles. The normalized spacial score (nSPS) is 19.1. The van der Waals surface area contributed by atoms with Crippen molar-refractivity contribution in [1.82, 2.24) is 4.98 Å². The Morgan fingerprint density at radius 2 is 2.14 bits per heavy atom. The lowest BCUT2D eigenvalue weighted by atomic mass is 9.96. The van der Waals surface area contributed by atoms with E-state index in [9.17, 15) is 0 Å². The van der Waals surface area contributed by atoms with Gasteiger partial charge in [-0.25, -0.2) is 0 Å². The Labute approximate surface area is 127 Å². The Balaban J connectivity index is 2.10. The Hall–Kier alpha value is -1.77. The number of nitrogen functional groups attached to an aromatic ring is 1. The van der Waals surface area contributed by atoms with Crippen LogP contribution in [-0.2, 0) is 0 Å². The third-order valence-electron chi connectivity index (χ3n) is 4.50. The lowest BCUT2D eigenvalue weighted by Gasteiger charge is -2.38. The zero-order valence-corrected chi connectivity index (χ0v) is 13.1. The average Bonchev–Trinajstić information content (AvgIpc) is 2.48. The van der Waals surface area contributed by atoms with Crippen molar-refractivity contribution in [2.45, 2.75) is 52.0 Å². The number of pyridine rings is 1. The molecule has 1 unspecified atom stereocenters. The molecule has 3 nitrogen and oxygen atoms in total. The van der Waals surface area contributed by atoms with Crippen molar-refractivity contribution in [3.8, 4) is 0 Å². The van der Waals surface area contributed by atoms with Crippen LogP contribution in [0.5, 0.6) is 0 Å². The Morgan fingerprint density at radius 1 is 1.29 bits per heavy atom. The molecule has 0 aliphatic carbocycles. The highest BCUT2D eigenvalue weighted by Crippen LogP contribution is 2.34. The summed E-state index contributed by atoms with van der Waals surface area (Å²) in [6.45, 7) is 5.51. The van der Waals surface area contributed by atoms with Gasteiger partial charge in [0.2, 0.25) is 0 Å². The summed E-state index contributed by atoms with van der Waals surface area (Å²) < 4.78 is 0. The van der Waals surface area contributed by atoms with Crippen LogP contribution in [0, 0.1) is 6.92 Å². The molecule has 21 heavy (non-hydrogen) atoms. The molecular formula is C18H25N3. The molecule has 1 fully saturated rings. The predicted octanol–water partition coefficient (Wildman–Crippen LogP) is 4.28. The molecule has 1 aromatic carbocycles. The van der Waals surface area contributed by atoms with Crippen LogP contribution in [0.1, 0.15) is 44.7 Å². The van der Waals surface area contributed by atoms with E-state index in [0.29, 0.717) is 6.04 Å². The van der Waals surface area contributed by atoms with Crippen LogP contribution in [0.4, 0.5) is 11.4 Å². The molecule has 112 valence electrons. The number of benzene rings is 1. The molecule has 1 aliphatic heterocycles. The fraction of sp³-hybridized carbons (Fsp3) is 0.500. The van der Waals surface area contributed by atoms with Crippen LogP contribution < -0.4 is 10.6 Å². The van der Waals surface area contributed by atoms with Gasteiger partial charge in [0, 0.05) is 35.0 Å². The van der Waals surface area contributed by atoms with Crippen molar-refractivity contribution in [1.29, 1.82) is 0 Å².